The Morgan fingerprint density at radius 2 is 1.58 bits per heavy atom. The fourth-order valence-corrected chi connectivity index (χ4v) is 5.96. The lowest BCUT2D eigenvalue weighted by Crippen LogP contribution is -2.48. The average Bonchev–Trinajstić information content (AvgIpc) is 2.57. The van der Waals surface area contributed by atoms with Crippen molar-refractivity contribution in [2.45, 2.75) is 64.7 Å². The van der Waals surface area contributed by atoms with Crippen LogP contribution in [-0.2, 0) is 4.74 Å². The first-order valence-corrected chi connectivity index (χ1v) is 9.96. The van der Waals surface area contributed by atoms with Gasteiger partial charge in [0.25, 0.3) is 0 Å². The first-order chi connectivity index (χ1) is 11.7. The van der Waals surface area contributed by atoms with E-state index in [0.29, 0.717) is 18.1 Å². The Morgan fingerprint density at radius 1 is 1.00 bits per heavy atom. The topological polar surface area (TPSA) is 18.5 Å². The summed E-state index contributed by atoms with van der Waals surface area (Å²) in [7, 11) is 0. The van der Waals surface area contributed by atoms with Gasteiger partial charge in [0.2, 0.25) is 0 Å². The molecule has 0 amide bonds. The highest BCUT2D eigenvalue weighted by molar-refractivity contribution is 5.29. The monoisotopic (exact) mass is 328 g/mol. The van der Waals surface area contributed by atoms with Crippen LogP contribution in [0, 0.1) is 23.2 Å². The Hall–Kier alpha value is -1.02. The molecule has 0 spiro atoms. The zero-order chi connectivity index (χ0) is 16.6. The molecule has 2 heteroatoms. The summed E-state index contributed by atoms with van der Waals surface area (Å²) in [4.78, 5) is 0. The molecule has 0 saturated heterocycles. The van der Waals surface area contributed by atoms with Crippen molar-refractivity contribution in [1.82, 2.24) is 0 Å². The Labute approximate surface area is 146 Å². The van der Waals surface area contributed by atoms with E-state index in [1.807, 2.05) is 0 Å². The van der Waals surface area contributed by atoms with Crippen LogP contribution < -0.4 is 4.74 Å². The maximum absolute atomic E-state index is 6.00. The Morgan fingerprint density at radius 3 is 2.12 bits per heavy atom. The minimum absolute atomic E-state index is 0.393. The van der Waals surface area contributed by atoms with Gasteiger partial charge < -0.3 is 9.47 Å². The van der Waals surface area contributed by atoms with Crippen molar-refractivity contribution in [2.75, 3.05) is 13.4 Å². The SMILES string of the molecule is CCC(C)c1ccc(OCOCC23CC4CC(CC(C4)C2)C3)cc1. The first kappa shape index (κ1) is 16.4. The van der Waals surface area contributed by atoms with E-state index in [9.17, 15) is 0 Å². The van der Waals surface area contributed by atoms with Gasteiger partial charge in [-0.2, -0.15) is 0 Å². The fraction of sp³-hybridized carbons (Fsp3) is 0.727. The highest BCUT2D eigenvalue weighted by atomic mass is 16.7. The maximum Gasteiger partial charge on any atom is 0.189 e. The summed E-state index contributed by atoms with van der Waals surface area (Å²) in [6.07, 6.45) is 9.89. The first-order valence-electron chi connectivity index (χ1n) is 9.96. The number of benzene rings is 1. The normalized spacial score (nSPS) is 35.2. The number of hydrogen-bond acceptors (Lipinski definition) is 2. The zero-order valence-electron chi connectivity index (χ0n) is 15.3. The van der Waals surface area contributed by atoms with Gasteiger partial charge in [-0.05, 0) is 91.7 Å². The molecule has 4 aliphatic rings. The van der Waals surface area contributed by atoms with Gasteiger partial charge in [0, 0.05) is 0 Å². The molecule has 0 heterocycles. The quantitative estimate of drug-likeness (QED) is 0.467. The summed E-state index contributed by atoms with van der Waals surface area (Å²) in [5.41, 5.74) is 1.87. The summed E-state index contributed by atoms with van der Waals surface area (Å²) in [5.74, 6) is 4.52. The van der Waals surface area contributed by atoms with Gasteiger partial charge in [0.05, 0.1) is 6.61 Å². The minimum Gasteiger partial charge on any atom is -0.468 e. The van der Waals surface area contributed by atoms with Crippen molar-refractivity contribution in [3.05, 3.63) is 29.8 Å². The smallest absolute Gasteiger partial charge is 0.189 e. The lowest BCUT2D eigenvalue weighted by molar-refractivity contribution is -0.116. The minimum atomic E-state index is 0.393. The molecule has 0 aliphatic heterocycles. The van der Waals surface area contributed by atoms with Crippen LogP contribution in [-0.4, -0.2) is 13.4 Å². The Balaban J connectivity index is 1.25. The van der Waals surface area contributed by atoms with E-state index in [0.717, 1.165) is 30.1 Å². The van der Waals surface area contributed by atoms with E-state index in [1.165, 1.54) is 50.5 Å². The van der Waals surface area contributed by atoms with E-state index >= 15 is 0 Å². The molecule has 5 rings (SSSR count). The summed E-state index contributed by atoms with van der Waals surface area (Å²) < 4.78 is 11.8. The van der Waals surface area contributed by atoms with Gasteiger partial charge in [0.15, 0.2) is 6.79 Å². The lowest BCUT2D eigenvalue weighted by atomic mass is 9.50. The highest BCUT2D eigenvalue weighted by Gasteiger charge is 2.50. The average molecular weight is 328 g/mol. The van der Waals surface area contributed by atoms with Crippen molar-refractivity contribution < 1.29 is 9.47 Å². The van der Waals surface area contributed by atoms with E-state index in [1.54, 1.807) is 0 Å². The van der Waals surface area contributed by atoms with Crippen LogP contribution in [0.1, 0.15) is 70.3 Å². The van der Waals surface area contributed by atoms with Gasteiger partial charge >= 0.3 is 0 Å². The summed E-state index contributed by atoms with van der Waals surface area (Å²) in [6, 6.07) is 8.52. The third kappa shape index (κ3) is 3.35. The molecule has 0 aromatic heterocycles. The molecule has 0 radical (unpaired) electrons. The molecule has 1 aromatic carbocycles. The Kier molecular flexibility index (Phi) is 4.60. The van der Waals surface area contributed by atoms with Crippen LogP contribution in [0.4, 0.5) is 0 Å². The second-order valence-corrected chi connectivity index (χ2v) is 8.91. The van der Waals surface area contributed by atoms with Crippen LogP contribution in [0.25, 0.3) is 0 Å². The summed E-state index contributed by atoms with van der Waals surface area (Å²) >= 11 is 0. The molecule has 2 nitrogen and oxygen atoms in total. The number of hydrogen-bond donors (Lipinski definition) is 0. The second kappa shape index (κ2) is 6.71. The highest BCUT2D eigenvalue weighted by Crippen LogP contribution is 2.60. The van der Waals surface area contributed by atoms with Gasteiger partial charge in [-0.3, -0.25) is 0 Å². The van der Waals surface area contributed by atoms with E-state index < -0.39 is 0 Å². The molecule has 4 aliphatic carbocycles. The lowest BCUT2D eigenvalue weighted by Gasteiger charge is -2.56. The standard InChI is InChI=1S/C22H32O2/c1-3-16(2)20-4-6-21(7-5-20)24-15-23-14-22-11-17-8-18(12-22)10-19(9-17)13-22/h4-7,16-19H,3,8-15H2,1-2H3. The summed E-state index contributed by atoms with van der Waals surface area (Å²) in [5, 5.41) is 0. The van der Waals surface area contributed by atoms with E-state index in [4.69, 9.17) is 9.47 Å². The van der Waals surface area contributed by atoms with Crippen LogP contribution in [0.5, 0.6) is 5.75 Å². The van der Waals surface area contributed by atoms with Gasteiger partial charge in [-0.15, -0.1) is 0 Å². The predicted octanol–water partition coefficient (Wildman–Crippen LogP) is 5.77. The largest absolute Gasteiger partial charge is 0.468 e. The predicted molar refractivity (Wildman–Crippen MR) is 97.2 cm³/mol. The van der Waals surface area contributed by atoms with Crippen molar-refractivity contribution in [3.8, 4) is 5.75 Å². The Bertz CT molecular complexity index is 512. The molecular formula is C22H32O2. The van der Waals surface area contributed by atoms with Crippen LogP contribution in [0.2, 0.25) is 0 Å². The number of rotatable bonds is 7. The second-order valence-electron chi connectivity index (χ2n) is 8.91. The summed E-state index contributed by atoms with van der Waals surface area (Å²) in [6.45, 7) is 5.80. The van der Waals surface area contributed by atoms with E-state index in [-0.39, 0.29) is 0 Å². The van der Waals surface area contributed by atoms with Gasteiger partial charge in [-0.1, -0.05) is 26.0 Å². The van der Waals surface area contributed by atoms with Crippen LogP contribution >= 0.6 is 0 Å². The van der Waals surface area contributed by atoms with Crippen LogP contribution in [0.3, 0.4) is 0 Å². The molecule has 24 heavy (non-hydrogen) atoms. The molecule has 1 aromatic rings. The molecule has 1 atom stereocenters. The molecule has 0 N–H and O–H groups in total. The van der Waals surface area contributed by atoms with Gasteiger partial charge in [0.1, 0.15) is 5.75 Å². The van der Waals surface area contributed by atoms with Crippen molar-refractivity contribution in [2.24, 2.45) is 23.2 Å². The third-order valence-electron chi connectivity index (χ3n) is 6.94. The molecule has 132 valence electrons. The van der Waals surface area contributed by atoms with Gasteiger partial charge in [-0.25, -0.2) is 0 Å². The van der Waals surface area contributed by atoms with Crippen molar-refractivity contribution >= 4 is 0 Å². The zero-order valence-corrected chi connectivity index (χ0v) is 15.3. The van der Waals surface area contributed by atoms with E-state index in [2.05, 4.69) is 38.1 Å². The molecule has 4 saturated carbocycles. The van der Waals surface area contributed by atoms with Crippen LogP contribution in [0.15, 0.2) is 24.3 Å². The molecule has 4 bridgehead atoms. The fourth-order valence-electron chi connectivity index (χ4n) is 5.96. The molecule has 1 unspecified atom stereocenters. The van der Waals surface area contributed by atoms with Crippen molar-refractivity contribution in [3.63, 3.8) is 0 Å². The molecular weight excluding hydrogens is 296 g/mol. The molecule has 4 fully saturated rings. The third-order valence-corrected chi connectivity index (χ3v) is 6.94. The van der Waals surface area contributed by atoms with Crippen molar-refractivity contribution in [1.29, 1.82) is 0 Å². The maximum atomic E-state index is 6.00. The number of ether oxygens (including phenoxy) is 2.